The van der Waals surface area contributed by atoms with Crippen molar-refractivity contribution >= 4 is 5.96 Å². The average molecular weight is 373 g/mol. The van der Waals surface area contributed by atoms with Gasteiger partial charge in [0.2, 0.25) is 0 Å². The molecule has 1 aromatic heterocycles. The van der Waals surface area contributed by atoms with Crippen molar-refractivity contribution in [3.63, 3.8) is 0 Å². The third kappa shape index (κ3) is 6.27. The van der Waals surface area contributed by atoms with E-state index in [2.05, 4.69) is 52.9 Å². The molecule has 0 aliphatic rings. The summed E-state index contributed by atoms with van der Waals surface area (Å²) < 4.78 is 7.74. The van der Waals surface area contributed by atoms with Gasteiger partial charge in [-0.2, -0.15) is 0 Å². The van der Waals surface area contributed by atoms with Gasteiger partial charge in [0.1, 0.15) is 11.6 Å². The Bertz CT molecular complexity index is 753. The molecule has 2 rings (SSSR count). The van der Waals surface area contributed by atoms with Crippen molar-refractivity contribution in [1.82, 2.24) is 25.4 Å². The molecule has 0 fully saturated rings. The van der Waals surface area contributed by atoms with Crippen LogP contribution in [0.1, 0.15) is 49.5 Å². The fourth-order valence-corrected chi connectivity index (χ4v) is 2.57. The highest BCUT2D eigenvalue weighted by atomic mass is 16.5. The van der Waals surface area contributed by atoms with Crippen molar-refractivity contribution in [2.45, 2.75) is 53.6 Å². The Labute approximate surface area is 162 Å². The summed E-state index contributed by atoms with van der Waals surface area (Å²) in [6.45, 7) is 10.8. The summed E-state index contributed by atoms with van der Waals surface area (Å²) in [6, 6.07) is 6.24. The molecule has 1 aromatic carbocycles. The summed E-state index contributed by atoms with van der Waals surface area (Å²) in [5, 5.41) is 15.0. The van der Waals surface area contributed by atoms with Gasteiger partial charge in [0.25, 0.3) is 0 Å². The average Bonchev–Trinajstić information content (AvgIpc) is 2.97. The first-order chi connectivity index (χ1) is 13.0. The van der Waals surface area contributed by atoms with Crippen LogP contribution in [0.3, 0.4) is 0 Å². The molecule has 27 heavy (non-hydrogen) atoms. The van der Waals surface area contributed by atoms with Crippen molar-refractivity contribution in [1.29, 1.82) is 0 Å². The van der Waals surface area contributed by atoms with Crippen molar-refractivity contribution < 1.29 is 4.74 Å². The molecule has 7 heteroatoms. The summed E-state index contributed by atoms with van der Waals surface area (Å²) >= 11 is 0. The van der Waals surface area contributed by atoms with E-state index >= 15 is 0 Å². The zero-order chi connectivity index (χ0) is 19.6. The van der Waals surface area contributed by atoms with Crippen LogP contribution in [-0.4, -0.2) is 33.9 Å². The minimum absolute atomic E-state index is 0.551. The summed E-state index contributed by atoms with van der Waals surface area (Å²) in [4.78, 5) is 4.75. The van der Waals surface area contributed by atoms with E-state index in [9.17, 15) is 0 Å². The van der Waals surface area contributed by atoms with Crippen LogP contribution >= 0.6 is 0 Å². The molecule has 0 spiro atoms. The summed E-state index contributed by atoms with van der Waals surface area (Å²) in [5.74, 6) is 3.44. The predicted octanol–water partition coefficient (Wildman–Crippen LogP) is 2.87. The molecule has 2 aromatic rings. The molecule has 0 bridgehead atoms. The number of nitrogens with zero attached hydrogens (tertiary/aromatic N) is 4. The van der Waals surface area contributed by atoms with Crippen LogP contribution in [0.15, 0.2) is 23.2 Å². The second-order valence-electron chi connectivity index (χ2n) is 6.57. The summed E-state index contributed by atoms with van der Waals surface area (Å²) in [5.41, 5.74) is 2.26. The van der Waals surface area contributed by atoms with Crippen LogP contribution in [0.5, 0.6) is 5.75 Å². The lowest BCUT2D eigenvalue weighted by atomic mass is 10.1. The number of hydrogen-bond acceptors (Lipinski definition) is 4. The number of aliphatic imine (C=N–C) groups is 1. The van der Waals surface area contributed by atoms with Gasteiger partial charge in [0.05, 0.1) is 19.7 Å². The maximum Gasteiger partial charge on any atom is 0.191 e. The van der Waals surface area contributed by atoms with Gasteiger partial charge in [-0.15, -0.1) is 10.2 Å². The van der Waals surface area contributed by atoms with Crippen LogP contribution < -0.4 is 15.4 Å². The lowest BCUT2D eigenvalue weighted by Gasteiger charge is -2.14. The minimum atomic E-state index is 0.551. The van der Waals surface area contributed by atoms with E-state index in [4.69, 9.17) is 9.73 Å². The summed E-state index contributed by atoms with van der Waals surface area (Å²) in [7, 11) is 1.97. The van der Waals surface area contributed by atoms with Gasteiger partial charge in [-0.05, 0) is 38.8 Å². The quantitative estimate of drug-likeness (QED) is 0.402. The molecule has 0 radical (unpaired) electrons. The Balaban J connectivity index is 2.09. The van der Waals surface area contributed by atoms with Crippen LogP contribution in [0.25, 0.3) is 0 Å². The number of benzene rings is 1. The first kappa shape index (κ1) is 20.7. The molecule has 0 aliphatic heterocycles. The van der Waals surface area contributed by atoms with Crippen LogP contribution in [0.2, 0.25) is 0 Å². The molecule has 0 saturated carbocycles. The summed E-state index contributed by atoms with van der Waals surface area (Å²) in [6.07, 6.45) is 2.23. The number of ether oxygens (including phenoxy) is 1. The maximum absolute atomic E-state index is 5.76. The number of rotatable bonds is 9. The van der Waals surface area contributed by atoms with Crippen molar-refractivity contribution in [3.8, 4) is 5.75 Å². The third-order valence-electron chi connectivity index (χ3n) is 4.35. The molecular weight excluding hydrogens is 340 g/mol. The number of hydrogen-bond donors (Lipinski definition) is 2. The van der Waals surface area contributed by atoms with Crippen molar-refractivity contribution in [2.75, 3.05) is 13.2 Å². The zero-order valence-corrected chi connectivity index (χ0v) is 17.2. The molecule has 0 saturated heterocycles. The van der Waals surface area contributed by atoms with Gasteiger partial charge in [-0.25, -0.2) is 4.99 Å². The second kappa shape index (κ2) is 10.5. The predicted molar refractivity (Wildman–Crippen MR) is 109 cm³/mol. The lowest BCUT2D eigenvalue weighted by Crippen LogP contribution is -2.38. The Hall–Kier alpha value is -2.57. The Morgan fingerprint density at radius 3 is 2.67 bits per heavy atom. The monoisotopic (exact) mass is 372 g/mol. The van der Waals surface area contributed by atoms with E-state index in [1.54, 1.807) is 0 Å². The van der Waals surface area contributed by atoms with E-state index < -0.39 is 0 Å². The van der Waals surface area contributed by atoms with Gasteiger partial charge in [-0.3, -0.25) is 0 Å². The lowest BCUT2D eigenvalue weighted by molar-refractivity contribution is 0.336. The van der Waals surface area contributed by atoms with Crippen LogP contribution in [0, 0.1) is 13.8 Å². The topological polar surface area (TPSA) is 76.4 Å². The standard InChI is InChI=1S/C20H32N6O/c1-6-8-11-21-20(23-14-19-25-24-16(4)26(19)5)22-13-17-10-9-15(3)12-18(17)27-7-2/h9-10,12H,6-8,11,13-14H2,1-5H3,(H2,21,22,23). The van der Waals surface area contributed by atoms with E-state index in [1.807, 2.05) is 25.5 Å². The number of unbranched alkanes of at least 4 members (excludes halogenated alkanes) is 1. The van der Waals surface area contributed by atoms with Crippen LogP contribution in [-0.2, 0) is 20.1 Å². The van der Waals surface area contributed by atoms with Gasteiger partial charge in [0, 0.05) is 19.2 Å². The third-order valence-corrected chi connectivity index (χ3v) is 4.35. The molecule has 0 unspecified atom stereocenters. The van der Waals surface area contributed by atoms with Gasteiger partial charge < -0.3 is 19.9 Å². The maximum atomic E-state index is 5.76. The van der Waals surface area contributed by atoms with E-state index in [0.717, 1.165) is 48.3 Å². The molecule has 0 amide bonds. The molecule has 148 valence electrons. The van der Waals surface area contributed by atoms with Crippen molar-refractivity contribution in [3.05, 3.63) is 41.0 Å². The van der Waals surface area contributed by atoms with E-state index in [-0.39, 0.29) is 0 Å². The number of nitrogens with one attached hydrogen (secondary N) is 2. The SMILES string of the molecule is CCCCNC(=NCc1ccc(C)cc1OCC)NCc1nnc(C)n1C. The zero-order valence-electron chi connectivity index (χ0n) is 17.2. The number of aromatic nitrogens is 3. The molecule has 0 atom stereocenters. The van der Waals surface area contributed by atoms with Crippen molar-refractivity contribution in [2.24, 2.45) is 12.0 Å². The Morgan fingerprint density at radius 2 is 2.00 bits per heavy atom. The first-order valence-electron chi connectivity index (χ1n) is 9.64. The molecule has 7 nitrogen and oxygen atoms in total. The van der Waals surface area contributed by atoms with E-state index in [1.165, 1.54) is 5.56 Å². The van der Waals surface area contributed by atoms with Gasteiger partial charge >= 0.3 is 0 Å². The minimum Gasteiger partial charge on any atom is -0.494 e. The smallest absolute Gasteiger partial charge is 0.191 e. The van der Waals surface area contributed by atoms with Gasteiger partial charge in [-0.1, -0.05) is 25.5 Å². The molecular formula is C20H32N6O. The highest BCUT2D eigenvalue weighted by Crippen LogP contribution is 2.21. The highest BCUT2D eigenvalue weighted by Gasteiger charge is 2.08. The fraction of sp³-hybridized carbons (Fsp3) is 0.550. The molecule has 0 aliphatic carbocycles. The Morgan fingerprint density at radius 1 is 1.19 bits per heavy atom. The highest BCUT2D eigenvalue weighted by molar-refractivity contribution is 5.79. The largest absolute Gasteiger partial charge is 0.494 e. The fourth-order valence-electron chi connectivity index (χ4n) is 2.57. The molecule has 2 N–H and O–H groups in total. The normalized spacial score (nSPS) is 11.5. The first-order valence-corrected chi connectivity index (χ1v) is 9.64. The van der Waals surface area contributed by atoms with Crippen LogP contribution in [0.4, 0.5) is 0 Å². The second-order valence-corrected chi connectivity index (χ2v) is 6.57. The van der Waals surface area contributed by atoms with Gasteiger partial charge in [0.15, 0.2) is 11.8 Å². The Kier molecular flexibility index (Phi) is 8.10. The number of aryl methyl sites for hydroxylation is 2. The number of guanidine groups is 1. The molecule has 1 heterocycles. The van der Waals surface area contributed by atoms with E-state index in [0.29, 0.717) is 19.7 Å².